The molecule has 0 radical (unpaired) electrons. The molecule has 0 spiro atoms. The number of rotatable bonds is 7. The van der Waals surface area contributed by atoms with Crippen molar-refractivity contribution >= 4 is 11.6 Å². The van der Waals surface area contributed by atoms with Crippen molar-refractivity contribution in [2.24, 2.45) is 10.9 Å². The molecule has 0 aromatic carbocycles. The fourth-order valence-corrected chi connectivity index (χ4v) is 2.96. The molecule has 1 N–H and O–H groups in total. The van der Waals surface area contributed by atoms with Crippen molar-refractivity contribution in [2.45, 2.75) is 31.7 Å². The molecule has 1 atom stereocenters. The summed E-state index contributed by atoms with van der Waals surface area (Å²) in [6.45, 7) is 1.75. The Bertz CT molecular complexity index is 602. The Morgan fingerprint density at radius 2 is 2.30 bits per heavy atom. The molecule has 1 aliphatic rings. The van der Waals surface area contributed by atoms with E-state index < -0.39 is 5.92 Å². The Balaban J connectivity index is 1.96. The number of nitrogens with zero attached hydrogens (tertiary/aromatic N) is 4. The minimum atomic E-state index is -0.771. The van der Waals surface area contributed by atoms with Gasteiger partial charge < -0.3 is 14.6 Å². The fraction of sp³-hybridized carbons (Fsp3) is 0.588. The summed E-state index contributed by atoms with van der Waals surface area (Å²) in [7, 11) is 3.59. The van der Waals surface area contributed by atoms with Gasteiger partial charge >= 0.3 is 0 Å². The lowest BCUT2D eigenvalue weighted by molar-refractivity contribution is 0.545. The molecule has 6 nitrogen and oxygen atoms in total. The summed E-state index contributed by atoms with van der Waals surface area (Å²) in [6, 6.07) is 6.50. The number of nitrogens with one attached hydrogen (secondary N) is 1. The third kappa shape index (κ3) is 4.34. The highest BCUT2D eigenvalue weighted by Gasteiger charge is 2.20. The molecule has 1 aromatic rings. The average Bonchev–Trinajstić information content (AvgIpc) is 3.23. The summed E-state index contributed by atoms with van der Waals surface area (Å²) in [5.74, 6) is 0.0896. The van der Waals surface area contributed by atoms with Crippen LogP contribution in [0.3, 0.4) is 0 Å². The molecule has 1 aromatic heterocycles. The summed E-state index contributed by atoms with van der Waals surface area (Å²) in [6.07, 6.45) is 5.68. The highest BCUT2D eigenvalue weighted by molar-refractivity contribution is 5.91. The van der Waals surface area contributed by atoms with Crippen LogP contribution >= 0.6 is 0 Å². The van der Waals surface area contributed by atoms with Gasteiger partial charge in [0.15, 0.2) is 11.8 Å². The molecule has 23 heavy (non-hydrogen) atoms. The molecule has 2 rings (SSSR count). The van der Waals surface area contributed by atoms with E-state index in [-0.39, 0.29) is 0 Å². The fourth-order valence-electron chi connectivity index (χ4n) is 2.96. The molecule has 0 amide bonds. The topological polar surface area (TPSA) is 88.3 Å². The Morgan fingerprint density at radius 3 is 2.91 bits per heavy atom. The van der Waals surface area contributed by atoms with Crippen LogP contribution in [0.4, 0.5) is 5.88 Å². The molecular weight excluding hydrogens is 290 g/mol. The minimum absolute atomic E-state index is 0.522. The van der Waals surface area contributed by atoms with E-state index in [1.807, 2.05) is 30.2 Å². The highest BCUT2D eigenvalue weighted by Crippen LogP contribution is 2.24. The maximum absolute atomic E-state index is 8.99. The second-order valence-corrected chi connectivity index (χ2v) is 5.83. The second-order valence-electron chi connectivity index (χ2n) is 5.83. The summed E-state index contributed by atoms with van der Waals surface area (Å²) in [5.41, 5.74) is 1.81. The van der Waals surface area contributed by atoms with E-state index in [0.717, 1.165) is 18.8 Å². The van der Waals surface area contributed by atoms with E-state index in [4.69, 9.17) is 14.9 Å². The van der Waals surface area contributed by atoms with Crippen LogP contribution in [0.1, 0.15) is 24.8 Å². The van der Waals surface area contributed by atoms with Crippen LogP contribution in [0.2, 0.25) is 0 Å². The average molecular weight is 313 g/mol. The van der Waals surface area contributed by atoms with E-state index >= 15 is 0 Å². The molecule has 0 bridgehead atoms. The predicted octanol–water partition coefficient (Wildman–Crippen LogP) is 2.13. The van der Waals surface area contributed by atoms with Crippen LogP contribution in [0, 0.1) is 28.6 Å². The summed E-state index contributed by atoms with van der Waals surface area (Å²) >= 11 is 0. The highest BCUT2D eigenvalue weighted by atomic mass is 16.3. The largest absolute Gasteiger partial charge is 0.449 e. The number of hydrogen-bond acceptors (Lipinski definition) is 6. The van der Waals surface area contributed by atoms with Crippen molar-refractivity contribution in [3.8, 4) is 12.1 Å². The first kappa shape index (κ1) is 17.1. The van der Waals surface area contributed by atoms with Crippen LogP contribution in [0.5, 0.6) is 0 Å². The van der Waals surface area contributed by atoms with Gasteiger partial charge in [-0.15, -0.1) is 0 Å². The monoisotopic (exact) mass is 313 g/mol. The molecule has 1 aliphatic heterocycles. The van der Waals surface area contributed by atoms with Gasteiger partial charge in [-0.1, -0.05) is 0 Å². The molecule has 1 saturated heterocycles. The number of hydrogen-bond donors (Lipinski definition) is 1. The molecule has 2 heterocycles. The van der Waals surface area contributed by atoms with Crippen LogP contribution in [0.25, 0.3) is 0 Å². The first-order valence-electron chi connectivity index (χ1n) is 7.95. The van der Waals surface area contributed by atoms with Crippen LogP contribution in [-0.4, -0.2) is 38.9 Å². The van der Waals surface area contributed by atoms with Crippen molar-refractivity contribution in [3.05, 3.63) is 17.9 Å². The van der Waals surface area contributed by atoms with Gasteiger partial charge in [-0.05, 0) is 31.9 Å². The van der Waals surface area contributed by atoms with Crippen molar-refractivity contribution in [3.63, 3.8) is 0 Å². The van der Waals surface area contributed by atoms with Crippen molar-refractivity contribution < 1.29 is 4.42 Å². The van der Waals surface area contributed by atoms with Gasteiger partial charge in [0.1, 0.15) is 0 Å². The molecule has 1 fully saturated rings. The summed E-state index contributed by atoms with van der Waals surface area (Å²) in [4.78, 5) is 6.12. The van der Waals surface area contributed by atoms with Crippen molar-refractivity contribution in [1.29, 1.82) is 10.5 Å². The SMILES string of the molecule is CN=C(CCN(C)c1occc1CC1CCCN1)C(C#N)C#N. The van der Waals surface area contributed by atoms with Gasteiger partial charge in [0.05, 0.1) is 18.4 Å². The Morgan fingerprint density at radius 1 is 1.52 bits per heavy atom. The van der Waals surface area contributed by atoms with E-state index in [2.05, 4.69) is 10.3 Å². The molecular formula is C17H23N5O. The first-order chi connectivity index (χ1) is 11.2. The second kappa shape index (κ2) is 8.36. The van der Waals surface area contributed by atoms with E-state index in [1.165, 1.54) is 18.4 Å². The van der Waals surface area contributed by atoms with E-state index in [0.29, 0.717) is 24.7 Å². The van der Waals surface area contributed by atoms with Gasteiger partial charge in [0.2, 0.25) is 0 Å². The Labute approximate surface area is 137 Å². The Hall–Kier alpha value is -2.31. The number of nitriles is 2. The normalized spacial score (nSPS) is 18.0. The number of anilines is 1. The Kier molecular flexibility index (Phi) is 6.19. The molecule has 6 heteroatoms. The number of aliphatic imine (C=N–C) groups is 1. The van der Waals surface area contributed by atoms with Gasteiger partial charge in [-0.25, -0.2) is 0 Å². The molecule has 1 unspecified atom stereocenters. The van der Waals surface area contributed by atoms with Gasteiger partial charge in [0.25, 0.3) is 0 Å². The van der Waals surface area contributed by atoms with Gasteiger partial charge in [0, 0.05) is 44.4 Å². The van der Waals surface area contributed by atoms with Crippen molar-refractivity contribution in [2.75, 3.05) is 32.1 Å². The lowest BCUT2D eigenvalue weighted by Crippen LogP contribution is -2.26. The molecule has 0 saturated carbocycles. The maximum Gasteiger partial charge on any atom is 0.198 e. The number of furan rings is 1. The smallest absolute Gasteiger partial charge is 0.198 e. The molecule has 0 aliphatic carbocycles. The first-order valence-corrected chi connectivity index (χ1v) is 7.95. The lowest BCUT2D eigenvalue weighted by Gasteiger charge is -2.19. The third-order valence-corrected chi connectivity index (χ3v) is 4.28. The van der Waals surface area contributed by atoms with E-state index in [9.17, 15) is 0 Å². The lowest BCUT2D eigenvalue weighted by atomic mass is 10.0. The minimum Gasteiger partial charge on any atom is -0.449 e. The zero-order valence-corrected chi connectivity index (χ0v) is 13.7. The molecule has 122 valence electrons. The van der Waals surface area contributed by atoms with Gasteiger partial charge in [-0.3, -0.25) is 4.99 Å². The standard InChI is InChI=1S/C17H23N5O/c1-20-16(14(11-18)12-19)5-8-22(2)17-13(6-9-23-17)10-15-4-3-7-21-15/h6,9,14-15,21H,3-5,7-8,10H2,1-2H3. The third-order valence-electron chi connectivity index (χ3n) is 4.28. The van der Waals surface area contributed by atoms with Gasteiger partial charge in [-0.2, -0.15) is 10.5 Å². The summed E-state index contributed by atoms with van der Waals surface area (Å²) in [5, 5.41) is 21.5. The maximum atomic E-state index is 8.99. The zero-order valence-electron chi connectivity index (χ0n) is 13.7. The summed E-state index contributed by atoms with van der Waals surface area (Å²) < 4.78 is 5.64. The van der Waals surface area contributed by atoms with E-state index in [1.54, 1.807) is 13.3 Å². The van der Waals surface area contributed by atoms with Crippen LogP contribution in [-0.2, 0) is 6.42 Å². The zero-order chi connectivity index (χ0) is 16.7. The predicted molar refractivity (Wildman–Crippen MR) is 89.4 cm³/mol. The van der Waals surface area contributed by atoms with Crippen LogP contribution < -0.4 is 10.2 Å². The quantitative estimate of drug-likeness (QED) is 0.779. The van der Waals surface area contributed by atoms with Crippen molar-refractivity contribution in [1.82, 2.24) is 5.32 Å². The van der Waals surface area contributed by atoms with Crippen LogP contribution in [0.15, 0.2) is 21.7 Å².